The number of hydrogen-bond acceptors (Lipinski definition) is 6. The molecule has 0 saturated carbocycles. The number of rotatable bonds is 5. The molecule has 0 bridgehead atoms. The molecule has 24 heavy (non-hydrogen) atoms. The van der Waals surface area contributed by atoms with Crippen molar-refractivity contribution in [2.24, 2.45) is 5.92 Å². The molecule has 1 aliphatic rings. The zero-order valence-electron chi connectivity index (χ0n) is 13.4. The van der Waals surface area contributed by atoms with Gasteiger partial charge in [0.15, 0.2) is 5.65 Å². The van der Waals surface area contributed by atoms with Crippen molar-refractivity contribution in [2.75, 3.05) is 33.1 Å². The topological polar surface area (TPSA) is 117 Å². The van der Waals surface area contributed by atoms with Crippen LogP contribution in [0.1, 0.15) is 10.5 Å². The molecule has 0 radical (unpaired) electrons. The quantitative estimate of drug-likeness (QED) is 0.755. The highest BCUT2D eigenvalue weighted by atomic mass is 32.2. The molecule has 3 heterocycles. The molecule has 2 aromatic rings. The normalized spacial score (nSPS) is 21.5. The predicted molar refractivity (Wildman–Crippen MR) is 86.9 cm³/mol. The van der Waals surface area contributed by atoms with Crippen LogP contribution in [0.15, 0.2) is 18.3 Å². The highest BCUT2D eigenvalue weighted by molar-refractivity contribution is 7.89. The number of sulfonamides is 1. The van der Waals surface area contributed by atoms with Crippen LogP contribution in [0.2, 0.25) is 0 Å². The van der Waals surface area contributed by atoms with E-state index in [4.69, 9.17) is 4.74 Å². The van der Waals surface area contributed by atoms with Crippen LogP contribution in [0, 0.1) is 5.92 Å². The Morgan fingerprint density at radius 1 is 1.42 bits per heavy atom. The SMILES string of the molecule is CN(C)S(=O)(=O)C[C@@H]1COC[C@@H]1NC(=O)c1ccc2cn[nH]c2n1. The third-order valence-electron chi connectivity index (χ3n) is 4.03. The van der Waals surface area contributed by atoms with Crippen LogP contribution in [0.5, 0.6) is 0 Å². The maximum Gasteiger partial charge on any atom is 0.270 e. The molecule has 2 atom stereocenters. The molecular weight excluding hydrogens is 334 g/mol. The molecule has 1 saturated heterocycles. The number of aromatic nitrogens is 3. The number of carbonyl (C=O) groups excluding carboxylic acids is 1. The van der Waals surface area contributed by atoms with E-state index < -0.39 is 10.0 Å². The van der Waals surface area contributed by atoms with Gasteiger partial charge in [-0.3, -0.25) is 9.89 Å². The van der Waals surface area contributed by atoms with Crippen molar-refractivity contribution in [1.82, 2.24) is 24.8 Å². The number of hydrogen-bond donors (Lipinski definition) is 2. The molecule has 3 rings (SSSR count). The average Bonchev–Trinajstić information content (AvgIpc) is 3.15. The summed E-state index contributed by atoms with van der Waals surface area (Å²) in [5.41, 5.74) is 0.768. The maximum absolute atomic E-state index is 12.4. The lowest BCUT2D eigenvalue weighted by Gasteiger charge is -2.20. The number of H-pyrrole nitrogens is 1. The van der Waals surface area contributed by atoms with Crippen LogP contribution in [-0.2, 0) is 14.8 Å². The largest absolute Gasteiger partial charge is 0.379 e. The lowest BCUT2D eigenvalue weighted by atomic mass is 10.1. The monoisotopic (exact) mass is 353 g/mol. The molecule has 0 aromatic carbocycles. The summed E-state index contributed by atoms with van der Waals surface area (Å²) in [5.74, 6) is -0.732. The molecule has 2 N–H and O–H groups in total. The van der Waals surface area contributed by atoms with Crippen LogP contribution < -0.4 is 5.32 Å². The smallest absolute Gasteiger partial charge is 0.270 e. The molecule has 1 fully saturated rings. The lowest BCUT2D eigenvalue weighted by molar-refractivity contribution is 0.0921. The minimum absolute atomic E-state index is 0.0715. The molecule has 0 unspecified atom stereocenters. The van der Waals surface area contributed by atoms with Gasteiger partial charge in [-0.25, -0.2) is 17.7 Å². The molecule has 0 spiro atoms. The second-order valence-electron chi connectivity index (χ2n) is 5.94. The van der Waals surface area contributed by atoms with E-state index in [-0.39, 0.29) is 35.9 Å². The maximum atomic E-state index is 12.4. The summed E-state index contributed by atoms with van der Waals surface area (Å²) in [6, 6.07) is 2.99. The molecule has 0 aliphatic carbocycles. The summed E-state index contributed by atoms with van der Waals surface area (Å²) >= 11 is 0. The third kappa shape index (κ3) is 3.40. The van der Waals surface area contributed by atoms with Crippen LogP contribution in [0.25, 0.3) is 11.0 Å². The summed E-state index contributed by atoms with van der Waals surface area (Å²) in [4.78, 5) is 16.6. The fraction of sp³-hybridized carbons (Fsp3) is 0.500. The number of nitrogens with one attached hydrogen (secondary N) is 2. The highest BCUT2D eigenvalue weighted by Crippen LogP contribution is 2.18. The number of fused-ring (bicyclic) bond motifs is 1. The van der Waals surface area contributed by atoms with E-state index in [1.165, 1.54) is 18.4 Å². The van der Waals surface area contributed by atoms with Gasteiger partial charge in [-0.2, -0.15) is 5.10 Å². The zero-order chi connectivity index (χ0) is 17.3. The number of ether oxygens (including phenoxy) is 1. The van der Waals surface area contributed by atoms with Crippen LogP contribution in [0.3, 0.4) is 0 Å². The average molecular weight is 353 g/mol. The van der Waals surface area contributed by atoms with E-state index in [0.717, 1.165) is 5.39 Å². The molecular formula is C14H19N5O4S. The summed E-state index contributed by atoms with van der Waals surface area (Å²) in [5, 5.41) is 10.2. The van der Waals surface area contributed by atoms with Gasteiger partial charge >= 0.3 is 0 Å². The van der Waals surface area contributed by atoms with Gasteiger partial charge in [0.2, 0.25) is 10.0 Å². The summed E-state index contributed by atoms with van der Waals surface area (Å²) in [6.07, 6.45) is 1.62. The Morgan fingerprint density at radius 2 is 2.21 bits per heavy atom. The number of pyridine rings is 1. The van der Waals surface area contributed by atoms with E-state index in [1.54, 1.807) is 18.3 Å². The first-order valence-electron chi connectivity index (χ1n) is 7.46. The minimum atomic E-state index is -3.36. The van der Waals surface area contributed by atoms with E-state index in [2.05, 4.69) is 20.5 Å². The van der Waals surface area contributed by atoms with Gasteiger partial charge in [-0.1, -0.05) is 0 Å². The Morgan fingerprint density at radius 3 is 2.96 bits per heavy atom. The van der Waals surface area contributed by atoms with Gasteiger partial charge in [-0.15, -0.1) is 0 Å². The molecule has 1 aliphatic heterocycles. The molecule has 1 amide bonds. The first-order chi connectivity index (χ1) is 11.4. The number of nitrogens with zero attached hydrogens (tertiary/aromatic N) is 3. The Kier molecular flexibility index (Phi) is 4.52. The standard InChI is InChI=1S/C14H19N5O4S/c1-19(2)24(21,22)8-10-6-23-7-12(10)17-14(20)11-4-3-9-5-15-18-13(9)16-11/h3-5,10,12H,6-8H2,1-2H3,(H,17,20)(H,15,16,18)/t10-,12-/m0/s1. The lowest BCUT2D eigenvalue weighted by Crippen LogP contribution is -2.43. The summed E-state index contributed by atoms with van der Waals surface area (Å²) in [6.45, 7) is 0.580. The van der Waals surface area contributed by atoms with Gasteiger partial charge in [0.05, 0.1) is 31.2 Å². The minimum Gasteiger partial charge on any atom is -0.379 e. The van der Waals surface area contributed by atoms with Gasteiger partial charge in [0.25, 0.3) is 5.91 Å². The fourth-order valence-corrected chi connectivity index (χ4v) is 3.71. The second-order valence-corrected chi connectivity index (χ2v) is 8.17. The fourth-order valence-electron chi connectivity index (χ4n) is 2.54. The zero-order valence-corrected chi connectivity index (χ0v) is 14.2. The van der Waals surface area contributed by atoms with Crippen molar-refractivity contribution < 1.29 is 17.9 Å². The number of amides is 1. The van der Waals surface area contributed by atoms with Crippen molar-refractivity contribution >= 4 is 27.0 Å². The highest BCUT2D eigenvalue weighted by Gasteiger charge is 2.34. The van der Waals surface area contributed by atoms with Crippen molar-refractivity contribution in [3.8, 4) is 0 Å². The van der Waals surface area contributed by atoms with Crippen molar-refractivity contribution in [2.45, 2.75) is 6.04 Å². The molecule has 9 nitrogen and oxygen atoms in total. The van der Waals surface area contributed by atoms with E-state index in [0.29, 0.717) is 12.3 Å². The Hall–Kier alpha value is -2.04. The summed E-state index contributed by atoms with van der Waals surface area (Å²) in [7, 11) is -0.386. The van der Waals surface area contributed by atoms with E-state index in [9.17, 15) is 13.2 Å². The van der Waals surface area contributed by atoms with E-state index >= 15 is 0 Å². The van der Waals surface area contributed by atoms with Gasteiger partial charge in [0, 0.05) is 25.4 Å². The molecule has 130 valence electrons. The van der Waals surface area contributed by atoms with Gasteiger partial charge in [0.1, 0.15) is 5.69 Å². The van der Waals surface area contributed by atoms with Crippen molar-refractivity contribution in [3.05, 3.63) is 24.0 Å². The van der Waals surface area contributed by atoms with Crippen molar-refractivity contribution in [1.29, 1.82) is 0 Å². The van der Waals surface area contributed by atoms with Gasteiger partial charge in [-0.05, 0) is 12.1 Å². The second kappa shape index (κ2) is 6.46. The third-order valence-corrected chi connectivity index (χ3v) is 5.99. The predicted octanol–water partition coefficient (Wildman–Crippen LogP) is -0.406. The number of aromatic amines is 1. The molecule has 2 aromatic heterocycles. The first-order valence-corrected chi connectivity index (χ1v) is 9.06. The Balaban J connectivity index is 1.70. The van der Waals surface area contributed by atoms with E-state index in [1.807, 2.05) is 0 Å². The van der Waals surface area contributed by atoms with Gasteiger partial charge < -0.3 is 10.1 Å². The van der Waals surface area contributed by atoms with Crippen LogP contribution in [-0.4, -0.2) is 72.9 Å². The Bertz CT molecular complexity index is 848. The number of carbonyl (C=O) groups is 1. The summed E-state index contributed by atoms with van der Waals surface area (Å²) < 4.78 is 30.6. The first kappa shape index (κ1) is 16.8. The Labute approximate surface area is 139 Å². The van der Waals surface area contributed by atoms with Crippen LogP contribution in [0.4, 0.5) is 0 Å². The van der Waals surface area contributed by atoms with Crippen LogP contribution >= 0.6 is 0 Å². The molecule has 10 heteroatoms. The van der Waals surface area contributed by atoms with Crippen molar-refractivity contribution in [3.63, 3.8) is 0 Å².